The molecule has 1 N–H and O–H groups in total. The van der Waals surface area contributed by atoms with Crippen molar-refractivity contribution in [1.82, 2.24) is 9.97 Å². The van der Waals surface area contributed by atoms with Gasteiger partial charge in [-0.05, 0) is 25.1 Å². The average molecular weight is 236 g/mol. The van der Waals surface area contributed by atoms with Gasteiger partial charge in [0, 0.05) is 0 Å². The summed E-state index contributed by atoms with van der Waals surface area (Å²) in [5.74, 6) is -1.52. The number of nitrogens with zero attached hydrogens (tertiary/aromatic N) is 2. The molecule has 5 nitrogen and oxygen atoms in total. The summed E-state index contributed by atoms with van der Waals surface area (Å²) in [5, 5.41) is 9.08. The van der Waals surface area contributed by atoms with Gasteiger partial charge in [0.1, 0.15) is 12.1 Å². The first-order chi connectivity index (χ1) is 8.08. The van der Waals surface area contributed by atoms with Crippen LogP contribution < -0.4 is 4.74 Å². The van der Waals surface area contributed by atoms with E-state index < -0.39 is 17.9 Å². The number of halogens is 1. The lowest BCUT2D eigenvalue weighted by Crippen LogP contribution is -2.23. The van der Waals surface area contributed by atoms with Gasteiger partial charge in [0.05, 0.1) is 10.9 Å². The number of fused-ring (bicyclic) bond motifs is 1. The van der Waals surface area contributed by atoms with Crippen LogP contribution in [0.5, 0.6) is 5.88 Å². The maximum atomic E-state index is 13.1. The van der Waals surface area contributed by atoms with Crippen LogP contribution >= 0.6 is 0 Å². The van der Waals surface area contributed by atoms with Crippen LogP contribution in [0.3, 0.4) is 0 Å². The van der Waals surface area contributed by atoms with Crippen molar-refractivity contribution in [3.05, 3.63) is 30.3 Å². The molecule has 0 saturated carbocycles. The van der Waals surface area contributed by atoms with Crippen molar-refractivity contribution in [3.8, 4) is 5.88 Å². The van der Waals surface area contributed by atoms with Crippen LogP contribution in [0.15, 0.2) is 24.5 Å². The fourth-order valence-electron chi connectivity index (χ4n) is 1.32. The molecule has 1 atom stereocenters. The van der Waals surface area contributed by atoms with Gasteiger partial charge in [-0.25, -0.2) is 19.2 Å². The van der Waals surface area contributed by atoms with Gasteiger partial charge in [-0.15, -0.1) is 0 Å². The predicted molar refractivity (Wildman–Crippen MR) is 57.2 cm³/mol. The van der Waals surface area contributed by atoms with Crippen LogP contribution in [0.2, 0.25) is 0 Å². The molecular formula is C11H9FN2O3. The van der Waals surface area contributed by atoms with Gasteiger partial charge in [0.25, 0.3) is 0 Å². The van der Waals surface area contributed by atoms with Gasteiger partial charge in [-0.2, -0.15) is 0 Å². The highest BCUT2D eigenvalue weighted by molar-refractivity contribution is 5.83. The van der Waals surface area contributed by atoms with Crippen LogP contribution in [-0.2, 0) is 4.79 Å². The van der Waals surface area contributed by atoms with E-state index in [2.05, 4.69) is 9.97 Å². The first-order valence-electron chi connectivity index (χ1n) is 4.87. The molecule has 2 aromatic rings. The molecule has 1 aromatic carbocycles. The van der Waals surface area contributed by atoms with Crippen LogP contribution in [-0.4, -0.2) is 27.1 Å². The summed E-state index contributed by atoms with van der Waals surface area (Å²) in [4.78, 5) is 18.4. The zero-order chi connectivity index (χ0) is 12.4. The molecule has 0 spiro atoms. The van der Waals surface area contributed by atoms with E-state index in [4.69, 9.17) is 9.84 Å². The van der Waals surface area contributed by atoms with Gasteiger partial charge in [0.2, 0.25) is 5.88 Å². The Balaban J connectivity index is 2.46. The summed E-state index contributed by atoms with van der Waals surface area (Å²) in [5.41, 5.74) is 0.494. The number of hydrogen-bond donors (Lipinski definition) is 1. The summed E-state index contributed by atoms with van der Waals surface area (Å²) >= 11 is 0. The monoisotopic (exact) mass is 236 g/mol. The first-order valence-corrected chi connectivity index (χ1v) is 4.87. The number of carboxylic acid groups (broad SMARTS) is 1. The second-order valence-electron chi connectivity index (χ2n) is 3.44. The molecule has 2 rings (SSSR count). The van der Waals surface area contributed by atoms with Crippen LogP contribution in [0, 0.1) is 5.82 Å². The molecule has 6 heteroatoms. The van der Waals surface area contributed by atoms with Crippen LogP contribution in [0.4, 0.5) is 4.39 Å². The molecule has 1 heterocycles. The molecule has 0 radical (unpaired) electrons. The van der Waals surface area contributed by atoms with Crippen LogP contribution in [0.1, 0.15) is 6.92 Å². The fourth-order valence-corrected chi connectivity index (χ4v) is 1.32. The lowest BCUT2D eigenvalue weighted by atomic mass is 10.2. The van der Waals surface area contributed by atoms with Crippen molar-refractivity contribution < 1.29 is 19.0 Å². The summed E-state index contributed by atoms with van der Waals surface area (Å²) in [6.45, 7) is 1.37. The highest BCUT2D eigenvalue weighted by Gasteiger charge is 2.15. The lowest BCUT2D eigenvalue weighted by Gasteiger charge is -2.10. The zero-order valence-corrected chi connectivity index (χ0v) is 8.92. The molecule has 0 amide bonds. The molecule has 88 valence electrons. The molecule has 0 bridgehead atoms. The number of aliphatic carboxylic acids is 1. The van der Waals surface area contributed by atoms with E-state index in [0.29, 0.717) is 10.9 Å². The number of rotatable bonds is 3. The Hall–Kier alpha value is -2.24. The Kier molecular flexibility index (Phi) is 2.86. The standard InChI is InChI=1S/C11H9FN2O3/c1-6(11(15)16)17-10-8-4-7(12)2-3-9(8)13-5-14-10/h2-6H,1H3,(H,15,16). The normalized spacial score (nSPS) is 12.4. The average Bonchev–Trinajstić information content (AvgIpc) is 2.29. The predicted octanol–water partition coefficient (Wildman–Crippen LogP) is 1.62. The fraction of sp³-hybridized carbons (Fsp3) is 0.182. The molecular weight excluding hydrogens is 227 g/mol. The van der Waals surface area contributed by atoms with Crippen molar-refractivity contribution in [2.75, 3.05) is 0 Å². The third-order valence-electron chi connectivity index (χ3n) is 2.20. The van der Waals surface area contributed by atoms with Crippen molar-refractivity contribution in [1.29, 1.82) is 0 Å². The van der Waals surface area contributed by atoms with E-state index in [-0.39, 0.29) is 5.88 Å². The van der Waals surface area contributed by atoms with E-state index in [9.17, 15) is 9.18 Å². The molecule has 0 aliphatic heterocycles. The maximum absolute atomic E-state index is 13.1. The van der Waals surface area contributed by atoms with Gasteiger partial charge >= 0.3 is 5.97 Å². The van der Waals surface area contributed by atoms with Gasteiger partial charge in [0.15, 0.2) is 6.10 Å². The number of ether oxygens (including phenoxy) is 1. The van der Waals surface area contributed by atoms with E-state index in [0.717, 1.165) is 0 Å². The number of benzene rings is 1. The summed E-state index contributed by atoms with van der Waals surface area (Å²) in [6.07, 6.45) is 0.181. The first kappa shape index (κ1) is 11.3. The highest BCUT2D eigenvalue weighted by Crippen LogP contribution is 2.22. The summed E-state index contributed by atoms with van der Waals surface area (Å²) in [6, 6.07) is 3.95. The van der Waals surface area contributed by atoms with Crippen molar-refractivity contribution in [3.63, 3.8) is 0 Å². The third-order valence-corrected chi connectivity index (χ3v) is 2.20. The number of hydrogen-bond acceptors (Lipinski definition) is 4. The topological polar surface area (TPSA) is 72.3 Å². The molecule has 0 aliphatic rings. The number of aromatic nitrogens is 2. The molecule has 0 fully saturated rings. The Morgan fingerprint density at radius 2 is 2.24 bits per heavy atom. The molecule has 1 aromatic heterocycles. The highest BCUT2D eigenvalue weighted by atomic mass is 19.1. The Labute approximate surface area is 95.9 Å². The van der Waals surface area contributed by atoms with E-state index in [1.807, 2.05) is 0 Å². The molecule has 0 aliphatic carbocycles. The second kappa shape index (κ2) is 4.32. The molecule has 17 heavy (non-hydrogen) atoms. The Morgan fingerprint density at radius 3 is 2.94 bits per heavy atom. The Bertz CT molecular complexity index is 574. The van der Waals surface area contributed by atoms with E-state index in [1.165, 1.54) is 31.5 Å². The SMILES string of the molecule is CC(Oc1ncnc2ccc(F)cc12)C(=O)O. The van der Waals surface area contributed by atoms with E-state index in [1.54, 1.807) is 0 Å². The summed E-state index contributed by atoms with van der Waals surface area (Å²) in [7, 11) is 0. The largest absolute Gasteiger partial charge is 0.479 e. The molecule has 1 unspecified atom stereocenters. The minimum Gasteiger partial charge on any atom is -0.479 e. The number of carboxylic acids is 1. The Morgan fingerprint density at radius 1 is 1.47 bits per heavy atom. The minimum absolute atomic E-state index is 0.0596. The van der Waals surface area contributed by atoms with Crippen molar-refractivity contribution in [2.45, 2.75) is 13.0 Å². The van der Waals surface area contributed by atoms with Gasteiger partial charge in [-0.1, -0.05) is 0 Å². The minimum atomic E-state index is -1.12. The zero-order valence-electron chi connectivity index (χ0n) is 8.92. The smallest absolute Gasteiger partial charge is 0.344 e. The second-order valence-corrected chi connectivity index (χ2v) is 3.44. The van der Waals surface area contributed by atoms with Crippen molar-refractivity contribution in [2.24, 2.45) is 0 Å². The number of carbonyl (C=O) groups is 1. The van der Waals surface area contributed by atoms with Gasteiger partial charge < -0.3 is 9.84 Å². The summed E-state index contributed by atoms with van der Waals surface area (Å²) < 4.78 is 18.2. The maximum Gasteiger partial charge on any atom is 0.344 e. The van der Waals surface area contributed by atoms with Gasteiger partial charge in [-0.3, -0.25) is 0 Å². The van der Waals surface area contributed by atoms with E-state index >= 15 is 0 Å². The quantitative estimate of drug-likeness (QED) is 0.876. The van der Waals surface area contributed by atoms with Crippen molar-refractivity contribution >= 4 is 16.9 Å². The lowest BCUT2D eigenvalue weighted by molar-refractivity contribution is -0.144. The van der Waals surface area contributed by atoms with Crippen LogP contribution in [0.25, 0.3) is 10.9 Å². The molecule has 0 saturated heterocycles. The third kappa shape index (κ3) is 2.30.